The third kappa shape index (κ3) is 2.08. The molecule has 0 aromatic carbocycles. The zero-order valence-electron chi connectivity index (χ0n) is 10.2. The van der Waals surface area contributed by atoms with Crippen molar-refractivity contribution in [2.24, 2.45) is 17.8 Å². The summed E-state index contributed by atoms with van der Waals surface area (Å²) in [4.78, 5) is 22.1. The summed E-state index contributed by atoms with van der Waals surface area (Å²) in [7, 11) is 0. The van der Waals surface area contributed by atoms with Crippen LogP contribution in [-0.2, 0) is 19.1 Å². The maximum absolute atomic E-state index is 11.1. The van der Waals surface area contributed by atoms with Gasteiger partial charge in [0.1, 0.15) is 6.10 Å². The van der Waals surface area contributed by atoms with Gasteiger partial charge in [-0.3, -0.25) is 4.79 Å². The van der Waals surface area contributed by atoms with Crippen LogP contribution in [0.4, 0.5) is 0 Å². The van der Waals surface area contributed by atoms with Gasteiger partial charge in [-0.05, 0) is 6.42 Å². The SMILES string of the molecule is CC(=O)O[C@H]1C[C@@H]2C(C(=O)O)=CO[C@@H](O)[C@@H]2[C@H]1C. The molecule has 1 heterocycles. The van der Waals surface area contributed by atoms with Gasteiger partial charge in [0.15, 0.2) is 6.29 Å². The highest BCUT2D eigenvalue weighted by Gasteiger charge is 2.51. The molecule has 0 spiro atoms. The summed E-state index contributed by atoms with van der Waals surface area (Å²) in [5.74, 6) is -2.30. The first-order valence-electron chi connectivity index (χ1n) is 5.86. The Morgan fingerprint density at radius 2 is 2.17 bits per heavy atom. The molecule has 2 N–H and O–H groups in total. The number of ether oxygens (including phenoxy) is 2. The molecule has 100 valence electrons. The average Bonchev–Trinajstić information content (AvgIpc) is 2.56. The van der Waals surface area contributed by atoms with Crippen LogP contribution in [0.2, 0.25) is 0 Å². The van der Waals surface area contributed by atoms with Gasteiger partial charge in [0.25, 0.3) is 0 Å². The number of hydrogen-bond acceptors (Lipinski definition) is 5. The molecule has 6 heteroatoms. The van der Waals surface area contributed by atoms with Crippen molar-refractivity contribution in [3.8, 4) is 0 Å². The van der Waals surface area contributed by atoms with Gasteiger partial charge in [-0.25, -0.2) is 4.79 Å². The zero-order valence-corrected chi connectivity index (χ0v) is 10.2. The molecule has 1 saturated carbocycles. The lowest BCUT2D eigenvalue weighted by molar-refractivity contribution is -0.153. The first-order chi connectivity index (χ1) is 8.41. The molecule has 1 fully saturated rings. The number of fused-ring (bicyclic) bond motifs is 1. The van der Waals surface area contributed by atoms with E-state index >= 15 is 0 Å². The van der Waals surface area contributed by atoms with Crippen molar-refractivity contribution in [2.75, 3.05) is 0 Å². The maximum atomic E-state index is 11.1. The molecule has 0 radical (unpaired) electrons. The van der Waals surface area contributed by atoms with Crippen LogP contribution in [0, 0.1) is 17.8 Å². The highest BCUT2D eigenvalue weighted by atomic mass is 16.6. The lowest BCUT2D eigenvalue weighted by atomic mass is 9.83. The van der Waals surface area contributed by atoms with Crippen LogP contribution in [0.5, 0.6) is 0 Å². The summed E-state index contributed by atoms with van der Waals surface area (Å²) in [5, 5.41) is 18.9. The summed E-state index contributed by atoms with van der Waals surface area (Å²) >= 11 is 0. The van der Waals surface area contributed by atoms with E-state index in [0.29, 0.717) is 6.42 Å². The number of rotatable bonds is 2. The van der Waals surface area contributed by atoms with Crippen LogP contribution in [0.15, 0.2) is 11.8 Å². The summed E-state index contributed by atoms with van der Waals surface area (Å²) in [6.45, 7) is 3.14. The van der Waals surface area contributed by atoms with Crippen LogP contribution in [0.25, 0.3) is 0 Å². The topological polar surface area (TPSA) is 93.1 Å². The van der Waals surface area contributed by atoms with Crippen molar-refractivity contribution in [1.29, 1.82) is 0 Å². The fraction of sp³-hybridized carbons (Fsp3) is 0.667. The van der Waals surface area contributed by atoms with Crippen LogP contribution in [0.1, 0.15) is 20.3 Å². The van der Waals surface area contributed by atoms with E-state index in [1.807, 2.05) is 6.92 Å². The molecule has 2 aliphatic rings. The Morgan fingerprint density at radius 3 is 2.72 bits per heavy atom. The molecule has 0 unspecified atom stereocenters. The molecular weight excluding hydrogens is 240 g/mol. The predicted octanol–water partition coefficient (Wildman–Crippen LogP) is 0.507. The highest BCUT2D eigenvalue weighted by Crippen LogP contribution is 2.46. The van der Waals surface area contributed by atoms with Crippen molar-refractivity contribution < 1.29 is 29.3 Å². The third-order valence-electron chi connectivity index (χ3n) is 3.77. The first kappa shape index (κ1) is 12.9. The second kappa shape index (κ2) is 4.61. The van der Waals surface area contributed by atoms with Gasteiger partial charge in [-0.15, -0.1) is 0 Å². The Hall–Kier alpha value is -1.56. The van der Waals surface area contributed by atoms with E-state index < -0.39 is 18.2 Å². The number of carbonyl (C=O) groups is 2. The molecule has 0 bridgehead atoms. The molecule has 0 amide bonds. The standard InChI is InChI=1S/C12H16O6/c1-5-9(18-6(2)13)3-7-8(11(14)15)4-17-12(16)10(5)7/h4-5,7,9-10,12,16H,3H2,1-2H3,(H,14,15)/t5-,7+,9-,10+,12+/m0/s1. The Morgan fingerprint density at radius 1 is 1.50 bits per heavy atom. The van der Waals surface area contributed by atoms with E-state index in [0.717, 1.165) is 6.26 Å². The van der Waals surface area contributed by atoms with Crippen molar-refractivity contribution in [1.82, 2.24) is 0 Å². The van der Waals surface area contributed by atoms with Crippen molar-refractivity contribution in [3.05, 3.63) is 11.8 Å². The Balaban J connectivity index is 2.24. The molecule has 1 aliphatic carbocycles. The van der Waals surface area contributed by atoms with E-state index in [1.54, 1.807) is 0 Å². The van der Waals surface area contributed by atoms with Gasteiger partial charge >= 0.3 is 11.9 Å². The second-order valence-electron chi connectivity index (χ2n) is 4.83. The molecule has 18 heavy (non-hydrogen) atoms. The summed E-state index contributed by atoms with van der Waals surface area (Å²) < 4.78 is 10.1. The smallest absolute Gasteiger partial charge is 0.334 e. The number of carboxylic acids is 1. The van der Waals surface area contributed by atoms with E-state index in [1.165, 1.54) is 6.92 Å². The third-order valence-corrected chi connectivity index (χ3v) is 3.77. The largest absolute Gasteiger partial charge is 0.478 e. The molecule has 5 atom stereocenters. The lowest BCUT2D eigenvalue weighted by Gasteiger charge is -2.31. The van der Waals surface area contributed by atoms with Crippen LogP contribution < -0.4 is 0 Å². The number of carbonyl (C=O) groups excluding carboxylic acids is 1. The monoisotopic (exact) mass is 256 g/mol. The fourth-order valence-electron chi connectivity index (χ4n) is 2.93. The Kier molecular flexibility index (Phi) is 3.30. The summed E-state index contributed by atoms with van der Waals surface area (Å²) in [5.41, 5.74) is 0.131. The van der Waals surface area contributed by atoms with Crippen LogP contribution in [-0.4, -0.2) is 34.5 Å². The minimum absolute atomic E-state index is 0.131. The lowest BCUT2D eigenvalue weighted by Crippen LogP contribution is -2.36. The van der Waals surface area contributed by atoms with E-state index in [4.69, 9.17) is 14.6 Å². The number of aliphatic carboxylic acids is 1. The van der Waals surface area contributed by atoms with Gasteiger partial charge in [-0.1, -0.05) is 6.92 Å². The fourth-order valence-corrected chi connectivity index (χ4v) is 2.93. The van der Waals surface area contributed by atoms with Gasteiger partial charge in [0.2, 0.25) is 0 Å². The zero-order chi connectivity index (χ0) is 13.4. The molecule has 0 aromatic heterocycles. The number of carboxylic acid groups (broad SMARTS) is 1. The van der Waals surface area contributed by atoms with Gasteiger partial charge in [0.05, 0.1) is 11.8 Å². The van der Waals surface area contributed by atoms with Crippen molar-refractivity contribution >= 4 is 11.9 Å². The number of esters is 1. The second-order valence-corrected chi connectivity index (χ2v) is 4.83. The Bertz CT molecular complexity index is 401. The van der Waals surface area contributed by atoms with Crippen molar-refractivity contribution in [2.45, 2.75) is 32.7 Å². The summed E-state index contributed by atoms with van der Waals surface area (Å²) in [6.07, 6.45) is 0.0753. The Labute approximate surface area is 104 Å². The van der Waals surface area contributed by atoms with Crippen molar-refractivity contribution in [3.63, 3.8) is 0 Å². The van der Waals surface area contributed by atoms with Gasteiger partial charge < -0.3 is 19.7 Å². The number of aliphatic hydroxyl groups is 1. The minimum atomic E-state index is -1.06. The molecule has 2 rings (SSSR count). The van der Waals surface area contributed by atoms with Crippen LogP contribution in [0.3, 0.4) is 0 Å². The predicted molar refractivity (Wildman–Crippen MR) is 59.1 cm³/mol. The molecule has 0 saturated heterocycles. The first-order valence-corrected chi connectivity index (χ1v) is 5.86. The molecular formula is C12H16O6. The van der Waals surface area contributed by atoms with E-state index in [-0.39, 0.29) is 29.4 Å². The maximum Gasteiger partial charge on any atom is 0.334 e. The molecule has 1 aliphatic heterocycles. The normalized spacial score (nSPS) is 38.4. The molecule has 6 nitrogen and oxygen atoms in total. The number of hydrogen-bond donors (Lipinski definition) is 2. The van der Waals surface area contributed by atoms with Crippen LogP contribution >= 0.6 is 0 Å². The summed E-state index contributed by atoms with van der Waals surface area (Å²) in [6, 6.07) is 0. The van der Waals surface area contributed by atoms with Gasteiger partial charge in [-0.2, -0.15) is 0 Å². The number of aliphatic hydroxyl groups excluding tert-OH is 1. The highest BCUT2D eigenvalue weighted by molar-refractivity contribution is 5.87. The quantitative estimate of drug-likeness (QED) is 0.699. The average molecular weight is 256 g/mol. The minimum Gasteiger partial charge on any atom is -0.478 e. The molecule has 0 aromatic rings. The van der Waals surface area contributed by atoms with E-state index in [2.05, 4.69) is 0 Å². The van der Waals surface area contributed by atoms with Gasteiger partial charge in [0, 0.05) is 24.7 Å². The van der Waals surface area contributed by atoms with E-state index in [9.17, 15) is 14.7 Å².